The standard InChI is InChI=1S/C16H23N5S/c1-17-16-9-18-14(8-19-16)7-13-3-2-5-21(6-4-13)10-15-11-22-12-20-15/h8-9,11-13H,2-7,10H2,1H3,(H,17,19)/t13-/m0/s1. The van der Waals surface area contributed by atoms with E-state index >= 15 is 0 Å². The summed E-state index contributed by atoms with van der Waals surface area (Å²) in [5.74, 6) is 1.55. The quantitative estimate of drug-likeness (QED) is 0.919. The molecule has 0 aliphatic carbocycles. The van der Waals surface area contributed by atoms with Gasteiger partial charge in [0.05, 0.1) is 29.3 Å². The van der Waals surface area contributed by atoms with Gasteiger partial charge in [-0.05, 0) is 44.7 Å². The molecule has 3 rings (SSSR count). The molecule has 2 aromatic heterocycles. The van der Waals surface area contributed by atoms with Gasteiger partial charge in [0.15, 0.2) is 0 Å². The van der Waals surface area contributed by atoms with Crippen LogP contribution in [0, 0.1) is 5.92 Å². The molecular weight excluding hydrogens is 294 g/mol. The van der Waals surface area contributed by atoms with E-state index in [9.17, 15) is 0 Å². The van der Waals surface area contributed by atoms with E-state index in [2.05, 4.69) is 30.5 Å². The molecule has 6 heteroatoms. The molecule has 0 bridgehead atoms. The van der Waals surface area contributed by atoms with Crippen LogP contribution in [0.1, 0.15) is 30.7 Å². The number of hydrogen-bond acceptors (Lipinski definition) is 6. The van der Waals surface area contributed by atoms with Crippen LogP contribution in [0.2, 0.25) is 0 Å². The van der Waals surface area contributed by atoms with Gasteiger partial charge in [-0.25, -0.2) is 9.97 Å². The lowest BCUT2D eigenvalue weighted by molar-refractivity contribution is 0.269. The fourth-order valence-corrected chi connectivity index (χ4v) is 3.57. The van der Waals surface area contributed by atoms with Crippen molar-refractivity contribution in [2.24, 2.45) is 5.92 Å². The zero-order valence-corrected chi connectivity index (χ0v) is 13.9. The van der Waals surface area contributed by atoms with Crippen LogP contribution in [0.25, 0.3) is 0 Å². The minimum Gasteiger partial charge on any atom is -0.372 e. The summed E-state index contributed by atoms with van der Waals surface area (Å²) in [6.07, 6.45) is 8.55. The van der Waals surface area contributed by atoms with Crippen molar-refractivity contribution >= 4 is 17.2 Å². The fraction of sp³-hybridized carbons (Fsp3) is 0.562. The van der Waals surface area contributed by atoms with Crippen molar-refractivity contribution in [2.75, 3.05) is 25.5 Å². The highest BCUT2D eigenvalue weighted by Gasteiger charge is 2.18. The Kier molecular flexibility index (Phi) is 5.34. The highest BCUT2D eigenvalue weighted by molar-refractivity contribution is 7.07. The molecule has 1 aliphatic heterocycles. The molecule has 22 heavy (non-hydrogen) atoms. The number of nitrogens with one attached hydrogen (secondary N) is 1. The molecule has 2 aromatic rings. The van der Waals surface area contributed by atoms with Gasteiger partial charge in [0, 0.05) is 19.0 Å². The lowest BCUT2D eigenvalue weighted by Gasteiger charge is -2.18. The van der Waals surface area contributed by atoms with E-state index in [1.54, 1.807) is 11.3 Å². The molecular formula is C16H23N5S. The summed E-state index contributed by atoms with van der Waals surface area (Å²) in [4.78, 5) is 15.8. The van der Waals surface area contributed by atoms with Gasteiger partial charge < -0.3 is 5.32 Å². The number of rotatable bonds is 5. The Morgan fingerprint density at radius 3 is 2.86 bits per heavy atom. The van der Waals surface area contributed by atoms with Crippen LogP contribution in [0.5, 0.6) is 0 Å². The second kappa shape index (κ2) is 7.65. The molecule has 0 amide bonds. The van der Waals surface area contributed by atoms with Crippen molar-refractivity contribution in [1.82, 2.24) is 19.9 Å². The second-order valence-electron chi connectivity index (χ2n) is 5.90. The molecule has 0 saturated carbocycles. The number of aromatic nitrogens is 3. The molecule has 118 valence electrons. The Labute approximate surface area is 135 Å². The van der Waals surface area contributed by atoms with Crippen molar-refractivity contribution in [3.8, 4) is 0 Å². The Morgan fingerprint density at radius 2 is 2.14 bits per heavy atom. The summed E-state index contributed by atoms with van der Waals surface area (Å²) in [7, 11) is 1.87. The predicted octanol–water partition coefficient (Wildman–Crippen LogP) is 2.82. The largest absolute Gasteiger partial charge is 0.372 e. The molecule has 3 heterocycles. The van der Waals surface area contributed by atoms with Crippen LogP contribution in [-0.2, 0) is 13.0 Å². The van der Waals surface area contributed by atoms with Crippen LogP contribution in [0.4, 0.5) is 5.82 Å². The first-order chi connectivity index (χ1) is 10.8. The first-order valence-corrected chi connectivity index (χ1v) is 8.86. The van der Waals surface area contributed by atoms with Crippen LogP contribution >= 0.6 is 11.3 Å². The van der Waals surface area contributed by atoms with Crippen LogP contribution < -0.4 is 5.32 Å². The number of thiazole rings is 1. The molecule has 1 fully saturated rings. The molecule has 0 spiro atoms. The third-order valence-electron chi connectivity index (χ3n) is 4.27. The topological polar surface area (TPSA) is 53.9 Å². The summed E-state index contributed by atoms with van der Waals surface area (Å²) in [6, 6.07) is 0. The number of nitrogens with zero attached hydrogens (tertiary/aromatic N) is 4. The highest BCUT2D eigenvalue weighted by atomic mass is 32.1. The van der Waals surface area contributed by atoms with E-state index in [-0.39, 0.29) is 0 Å². The smallest absolute Gasteiger partial charge is 0.144 e. The van der Waals surface area contributed by atoms with E-state index in [0.717, 1.165) is 36.9 Å². The van der Waals surface area contributed by atoms with Gasteiger partial charge in [-0.3, -0.25) is 9.88 Å². The van der Waals surface area contributed by atoms with Crippen molar-refractivity contribution in [3.05, 3.63) is 34.7 Å². The second-order valence-corrected chi connectivity index (χ2v) is 6.62. The summed E-state index contributed by atoms with van der Waals surface area (Å²) >= 11 is 1.68. The maximum Gasteiger partial charge on any atom is 0.144 e. The molecule has 1 N–H and O–H groups in total. The van der Waals surface area contributed by atoms with Crippen LogP contribution in [-0.4, -0.2) is 40.0 Å². The SMILES string of the molecule is CNc1cnc(C[C@H]2CCCN(Cc3cscn3)CC2)cn1. The third-order valence-corrected chi connectivity index (χ3v) is 4.90. The van der Waals surface area contributed by atoms with Crippen LogP contribution in [0.15, 0.2) is 23.3 Å². The first kappa shape index (κ1) is 15.4. The van der Waals surface area contributed by atoms with Crippen molar-refractivity contribution in [3.63, 3.8) is 0 Å². The number of hydrogen-bond donors (Lipinski definition) is 1. The molecule has 0 unspecified atom stereocenters. The third kappa shape index (κ3) is 4.24. The lowest BCUT2D eigenvalue weighted by Crippen LogP contribution is -2.24. The van der Waals surface area contributed by atoms with Gasteiger partial charge in [0.25, 0.3) is 0 Å². The summed E-state index contributed by atoms with van der Waals surface area (Å²) < 4.78 is 0. The highest BCUT2D eigenvalue weighted by Crippen LogP contribution is 2.22. The lowest BCUT2D eigenvalue weighted by atomic mass is 9.95. The van der Waals surface area contributed by atoms with Crippen molar-refractivity contribution in [1.29, 1.82) is 0 Å². The van der Waals surface area contributed by atoms with Crippen molar-refractivity contribution < 1.29 is 0 Å². The fourth-order valence-electron chi connectivity index (χ4n) is 3.02. The maximum atomic E-state index is 4.51. The van der Waals surface area contributed by atoms with Gasteiger partial charge in [0.2, 0.25) is 0 Å². The predicted molar refractivity (Wildman–Crippen MR) is 90.0 cm³/mol. The Balaban J connectivity index is 1.51. The van der Waals surface area contributed by atoms with Gasteiger partial charge in [-0.2, -0.15) is 0 Å². The zero-order chi connectivity index (χ0) is 15.2. The van der Waals surface area contributed by atoms with E-state index in [4.69, 9.17) is 0 Å². The van der Waals surface area contributed by atoms with Crippen LogP contribution in [0.3, 0.4) is 0 Å². The average Bonchev–Trinajstić information content (AvgIpc) is 2.96. The Morgan fingerprint density at radius 1 is 1.18 bits per heavy atom. The van der Waals surface area contributed by atoms with E-state index in [1.807, 2.05) is 25.0 Å². The number of anilines is 1. The maximum absolute atomic E-state index is 4.51. The van der Waals surface area contributed by atoms with E-state index in [0.29, 0.717) is 0 Å². The van der Waals surface area contributed by atoms with E-state index < -0.39 is 0 Å². The first-order valence-electron chi connectivity index (χ1n) is 7.91. The minimum atomic E-state index is 0.718. The zero-order valence-electron chi connectivity index (χ0n) is 13.0. The minimum absolute atomic E-state index is 0.718. The normalized spacial score (nSPS) is 19.8. The van der Waals surface area contributed by atoms with Gasteiger partial charge in [0.1, 0.15) is 5.82 Å². The monoisotopic (exact) mass is 317 g/mol. The average molecular weight is 317 g/mol. The molecule has 0 radical (unpaired) electrons. The van der Waals surface area contributed by atoms with Gasteiger partial charge >= 0.3 is 0 Å². The van der Waals surface area contributed by atoms with Gasteiger partial charge in [-0.15, -0.1) is 11.3 Å². The van der Waals surface area contributed by atoms with E-state index in [1.165, 1.54) is 31.5 Å². The Hall–Kier alpha value is -1.53. The molecule has 0 aromatic carbocycles. The molecule has 1 saturated heterocycles. The summed E-state index contributed by atoms with van der Waals surface area (Å²) in [5, 5.41) is 5.16. The summed E-state index contributed by atoms with van der Waals surface area (Å²) in [6.45, 7) is 3.33. The number of likely N-dealkylation sites (tertiary alicyclic amines) is 1. The molecule has 1 atom stereocenters. The Bertz CT molecular complexity index is 554. The van der Waals surface area contributed by atoms with Gasteiger partial charge in [-0.1, -0.05) is 0 Å². The molecule has 1 aliphatic rings. The van der Waals surface area contributed by atoms with Crippen molar-refractivity contribution in [2.45, 2.75) is 32.2 Å². The summed E-state index contributed by atoms with van der Waals surface area (Å²) in [5.41, 5.74) is 4.23. The molecule has 5 nitrogen and oxygen atoms in total.